The topological polar surface area (TPSA) is 128 Å². The molecule has 1 heterocycles. The van der Waals surface area contributed by atoms with Crippen molar-refractivity contribution in [3.05, 3.63) is 101 Å². The molecule has 0 aliphatic heterocycles. The molecule has 2 N–H and O–H groups in total. The Kier molecular flexibility index (Phi) is 8.33. The van der Waals surface area contributed by atoms with Crippen LogP contribution in [0.3, 0.4) is 0 Å². The standard InChI is InChI=1S/C25H23N3O6/c29-16-14-27(22(31)18-8-3-1-4-9-18)24(33)20-12-7-13-21(26-20)25(34)28(15-17-30)23(32)19-10-5-2-6-11-19/h1-13,29-30H,14-17H2. The van der Waals surface area contributed by atoms with Crippen LogP contribution in [0.4, 0.5) is 0 Å². The van der Waals surface area contributed by atoms with E-state index in [9.17, 15) is 29.4 Å². The summed E-state index contributed by atoms with van der Waals surface area (Å²) >= 11 is 0. The van der Waals surface area contributed by atoms with Crippen LogP contribution in [0, 0.1) is 0 Å². The van der Waals surface area contributed by atoms with Crippen molar-refractivity contribution in [2.24, 2.45) is 0 Å². The molecule has 9 heteroatoms. The van der Waals surface area contributed by atoms with E-state index in [1.54, 1.807) is 36.4 Å². The molecule has 0 atom stereocenters. The monoisotopic (exact) mass is 461 g/mol. The molecule has 34 heavy (non-hydrogen) atoms. The molecule has 3 aromatic rings. The number of rotatable bonds is 8. The Morgan fingerprint density at radius 1 is 0.559 bits per heavy atom. The minimum absolute atomic E-state index is 0.209. The van der Waals surface area contributed by atoms with E-state index in [0.29, 0.717) is 0 Å². The van der Waals surface area contributed by atoms with Gasteiger partial charge >= 0.3 is 0 Å². The second-order valence-electron chi connectivity index (χ2n) is 7.11. The Morgan fingerprint density at radius 2 is 0.941 bits per heavy atom. The van der Waals surface area contributed by atoms with Gasteiger partial charge in [-0.05, 0) is 36.4 Å². The van der Waals surface area contributed by atoms with E-state index in [1.807, 2.05) is 0 Å². The molecule has 2 aromatic carbocycles. The van der Waals surface area contributed by atoms with Crippen LogP contribution in [0.25, 0.3) is 0 Å². The van der Waals surface area contributed by atoms with Gasteiger partial charge in [-0.15, -0.1) is 0 Å². The Bertz CT molecular complexity index is 1080. The van der Waals surface area contributed by atoms with Gasteiger partial charge in [-0.2, -0.15) is 0 Å². The minimum Gasteiger partial charge on any atom is -0.395 e. The molecule has 0 radical (unpaired) electrons. The second kappa shape index (κ2) is 11.6. The van der Waals surface area contributed by atoms with Gasteiger partial charge in [0, 0.05) is 11.1 Å². The lowest BCUT2D eigenvalue weighted by Crippen LogP contribution is -2.41. The zero-order valence-corrected chi connectivity index (χ0v) is 18.2. The van der Waals surface area contributed by atoms with Crippen molar-refractivity contribution in [1.82, 2.24) is 14.8 Å². The molecule has 174 valence electrons. The number of benzene rings is 2. The SMILES string of the molecule is O=C(c1ccccc1)N(CCO)C(=O)c1cccc(C(=O)N(CCO)C(=O)c2ccccc2)n1. The van der Waals surface area contributed by atoms with Crippen LogP contribution in [0.2, 0.25) is 0 Å². The summed E-state index contributed by atoms with van der Waals surface area (Å²) in [6, 6.07) is 20.2. The highest BCUT2D eigenvalue weighted by molar-refractivity contribution is 6.11. The lowest BCUT2D eigenvalue weighted by atomic mass is 10.1. The summed E-state index contributed by atoms with van der Waals surface area (Å²) in [5.74, 6) is -2.86. The molecule has 1 aromatic heterocycles. The van der Waals surface area contributed by atoms with Crippen molar-refractivity contribution in [3.63, 3.8) is 0 Å². The van der Waals surface area contributed by atoms with E-state index in [0.717, 1.165) is 9.80 Å². The fourth-order valence-electron chi connectivity index (χ4n) is 3.21. The number of nitrogens with zero attached hydrogens (tertiary/aromatic N) is 3. The van der Waals surface area contributed by atoms with Gasteiger partial charge in [0.25, 0.3) is 23.6 Å². The molecule has 0 saturated heterocycles. The van der Waals surface area contributed by atoms with Crippen LogP contribution in [0.5, 0.6) is 0 Å². The zero-order valence-electron chi connectivity index (χ0n) is 18.2. The molecule has 0 aliphatic carbocycles. The highest BCUT2D eigenvalue weighted by Gasteiger charge is 2.28. The van der Waals surface area contributed by atoms with Gasteiger partial charge in [-0.1, -0.05) is 42.5 Å². The average Bonchev–Trinajstić information content (AvgIpc) is 2.90. The fourth-order valence-corrected chi connectivity index (χ4v) is 3.21. The van der Waals surface area contributed by atoms with Gasteiger partial charge in [0.05, 0.1) is 26.3 Å². The summed E-state index contributed by atoms with van der Waals surface area (Å²) in [5.41, 5.74) is 0.0811. The second-order valence-corrected chi connectivity index (χ2v) is 7.11. The number of hydrogen-bond acceptors (Lipinski definition) is 7. The quantitative estimate of drug-likeness (QED) is 0.488. The van der Waals surface area contributed by atoms with Gasteiger partial charge in [0.2, 0.25) is 0 Å². The predicted octanol–water partition coefficient (Wildman–Crippen LogP) is 1.63. The lowest BCUT2D eigenvalue weighted by molar-refractivity contribution is 0.0578. The molecule has 3 rings (SSSR count). The number of aromatic nitrogens is 1. The summed E-state index contributed by atoms with van der Waals surface area (Å²) in [4.78, 5) is 57.6. The van der Waals surface area contributed by atoms with Crippen molar-refractivity contribution < 1.29 is 29.4 Å². The van der Waals surface area contributed by atoms with Crippen molar-refractivity contribution in [2.45, 2.75) is 0 Å². The van der Waals surface area contributed by atoms with Crippen LogP contribution in [0.15, 0.2) is 78.9 Å². The van der Waals surface area contributed by atoms with Gasteiger partial charge < -0.3 is 10.2 Å². The van der Waals surface area contributed by atoms with Crippen LogP contribution in [-0.2, 0) is 0 Å². The number of amides is 4. The summed E-state index contributed by atoms with van der Waals surface area (Å²) in [7, 11) is 0. The molecule has 0 saturated carbocycles. The van der Waals surface area contributed by atoms with E-state index in [2.05, 4.69) is 4.98 Å². The highest BCUT2D eigenvalue weighted by Crippen LogP contribution is 2.13. The number of imide groups is 2. The van der Waals surface area contributed by atoms with E-state index < -0.39 is 36.8 Å². The third-order valence-electron chi connectivity index (χ3n) is 4.86. The molecule has 4 amide bonds. The van der Waals surface area contributed by atoms with Crippen LogP contribution in [0.1, 0.15) is 41.7 Å². The third-order valence-corrected chi connectivity index (χ3v) is 4.86. The van der Waals surface area contributed by atoms with Crippen molar-refractivity contribution in [3.8, 4) is 0 Å². The molecule has 0 fully saturated rings. The molecule has 0 unspecified atom stereocenters. The molecular weight excluding hydrogens is 438 g/mol. The van der Waals surface area contributed by atoms with Crippen LogP contribution in [-0.4, -0.2) is 74.9 Å². The maximum Gasteiger partial charge on any atom is 0.279 e. The number of pyridine rings is 1. The minimum atomic E-state index is -0.805. The lowest BCUT2D eigenvalue weighted by Gasteiger charge is -2.21. The molecular formula is C25H23N3O6. The van der Waals surface area contributed by atoms with E-state index in [1.165, 1.54) is 42.5 Å². The number of carbonyl (C=O) groups is 4. The number of carbonyl (C=O) groups excluding carboxylic acids is 4. The molecule has 0 bridgehead atoms. The Balaban J connectivity index is 1.89. The first-order valence-corrected chi connectivity index (χ1v) is 10.5. The Labute approximate surface area is 195 Å². The average molecular weight is 461 g/mol. The number of hydrogen-bond donors (Lipinski definition) is 2. The van der Waals surface area contributed by atoms with Gasteiger partial charge in [0.15, 0.2) is 0 Å². The van der Waals surface area contributed by atoms with E-state index in [4.69, 9.17) is 0 Å². The van der Waals surface area contributed by atoms with Crippen molar-refractivity contribution in [1.29, 1.82) is 0 Å². The Morgan fingerprint density at radius 3 is 1.29 bits per heavy atom. The smallest absolute Gasteiger partial charge is 0.279 e. The first kappa shape index (κ1) is 24.4. The summed E-state index contributed by atoms with van der Waals surface area (Å²) in [6.07, 6.45) is 0. The molecule has 0 spiro atoms. The summed E-state index contributed by atoms with van der Waals surface area (Å²) in [5, 5.41) is 18.8. The first-order chi connectivity index (χ1) is 16.5. The predicted molar refractivity (Wildman–Crippen MR) is 122 cm³/mol. The van der Waals surface area contributed by atoms with E-state index >= 15 is 0 Å². The normalized spacial score (nSPS) is 10.4. The van der Waals surface area contributed by atoms with Crippen LogP contribution >= 0.6 is 0 Å². The largest absolute Gasteiger partial charge is 0.395 e. The molecule has 0 aliphatic rings. The first-order valence-electron chi connectivity index (χ1n) is 10.5. The third kappa shape index (κ3) is 5.58. The maximum atomic E-state index is 13.1. The van der Waals surface area contributed by atoms with Crippen molar-refractivity contribution in [2.75, 3.05) is 26.3 Å². The van der Waals surface area contributed by atoms with Gasteiger partial charge in [-0.3, -0.25) is 29.0 Å². The number of aliphatic hydroxyl groups is 2. The summed E-state index contributed by atoms with van der Waals surface area (Å²) in [6.45, 7) is -1.46. The molecule has 9 nitrogen and oxygen atoms in total. The van der Waals surface area contributed by atoms with Crippen LogP contribution < -0.4 is 0 Å². The number of aliphatic hydroxyl groups excluding tert-OH is 2. The maximum absolute atomic E-state index is 13.1. The fraction of sp³-hybridized carbons (Fsp3) is 0.160. The van der Waals surface area contributed by atoms with Crippen molar-refractivity contribution >= 4 is 23.6 Å². The zero-order chi connectivity index (χ0) is 24.5. The van der Waals surface area contributed by atoms with E-state index in [-0.39, 0.29) is 35.6 Å². The van der Waals surface area contributed by atoms with Gasteiger partial charge in [0.1, 0.15) is 11.4 Å². The van der Waals surface area contributed by atoms with Gasteiger partial charge in [-0.25, -0.2) is 4.98 Å². The summed E-state index contributed by atoms with van der Waals surface area (Å²) < 4.78 is 0. The highest BCUT2D eigenvalue weighted by atomic mass is 16.3. The Hall–Kier alpha value is -4.21.